The maximum atomic E-state index is 6.04. The van der Waals surface area contributed by atoms with E-state index in [0.717, 1.165) is 44.5 Å². The van der Waals surface area contributed by atoms with E-state index in [1.807, 2.05) is 18.2 Å². The molecule has 0 aliphatic carbocycles. The van der Waals surface area contributed by atoms with Gasteiger partial charge in [-0.1, -0.05) is 54.6 Å². The third-order valence-corrected chi connectivity index (χ3v) is 5.97. The van der Waals surface area contributed by atoms with E-state index in [4.69, 9.17) is 9.40 Å². The average Bonchev–Trinajstić information content (AvgIpc) is 3.35. The third kappa shape index (κ3) is 2.06. The van der Waals surface area contributed by atoms with Crippen molar-refractivity contribution >= 4 is 43.7 Å². The Hall–Kier alpha value is -4.11. The van der Waals surface area contributed by atoms with Gasteiger partial charge in [0.15, 0.2) is 0 Å². The molecular weight excluding hydrogens is 368 g/mol. The van der Waals surface area contributed by atoms with Crippen LogP contribution >= 0.6 is 0 Å². The minimum Gasteiger partial charge on any atom is -0.456 e. The molecule has 3 nitrogen and oxygen atoms in total. The molecule has 30 heavy (non-hydrogen) atoms. The van der Waals surface area contributed by atoms with Crippen molar-refractivity contribution in [2.24, 2.45) is 0 Å². The van der Waals surface area contributed by atoms with Crippen molar-refractivity contribution in [3.8, 4) is 17.1 Å². The molecule has 0 saturated carbocycles. The van der Waals surface area contributed by atoms with Gasteiger partial charge in [-0.2, -0.15) is 0 Å². The van der Waals surface area contributed by atoms with Crippen molar-refractivity contribution in [2.45, 2.75) is 0 Å². The summed E-state index contributed by atoms with van der Waals surface area (Å²) >= 11 is 0. The summed E-state index contributed by atoms with van der Waals surface area (Å²) in [5.41, 5.74) is 6.22. The van der Waals surface area contributed by atoms with Gasteiger partial charge in [0.1, 0.15) is 17.0 Å². The first-order valence-corrected chi connectivity index (χ1v) is 10.1. The van der Waals surface area contributed by atoms with E-state index < -0.39 is 0 Å². The van der Waals surface area contributed by atoms with Crippen molar-refractivity contribution in [3.05, 3.63) is 97.1 Å². The van der Waals surface area contributed by atoms with Gasteiger partial charge in [-0.05, 0) is 47.9 Å². The van der Waals surface area contributed by atoms with Gasteiger partial charge in [0.05, 0.1) is 11.0 Å². The summed E-state index contributed by atoms with van der Waals surface area (Å²) in [5.74, 6) is 0.974. The maximum absolute atomic E-state index is 6.04. The summed E-state index contributed by atoms with van der Waals surface area (Å²) in [5, 5.41) is 4.63. The van der Waals surface area contributed by atoms with Crippen molar-refractivity contribution < 1.29 is 4.42 Å². The molecule has 5 aromatic rings. The average molecular weight is 384 g/mol. The topological polar surface area (TPSA) is 31.0 Å². The zero-order valence-corrected chi connectivity index (χ0v) is 16.0. The van der Waals surface area contributed by atoms with Crippen LogP contribution in [0, 0.1) is 0 Å². The van der Waals surface area contributed by atoms with Crippen LogP contribution in [-0.2, 0) is 0 Å². The van der Waals surface area contributed by atoms with Gasteiger partial charge in [0.2, 0.25) is 0 Å². The lowest BCUT2D eigenvalue weighted by molar-refractivity contribution is 0.669. The zero-order valence-electron chi connectivity index (χ0n) is 16.0. The van der Waals surface area contributed by atoms with E-state index >= 15 is 0 Å². The van der Waals surface area contributed by atoms with Crippen molar-refractivity contribution in [2.75, 3.05) is 0 Å². The fourth-order valence-electron chi connectivity index (χ4n) is 4.60. The van der Waals surface area contributed by atoms with E-state index in [2.05, 4.69) is 83.4 Å². The summed E-state index contributed by atoms with van der Waals surface area (Å²) in [7, 11) is 0. The molecule has 3 heterocycles. The summed E-state index contributed by atoms with van der Waals surface area (Å²) in [6.07, 6.45) is 0. The van der Waals surface area contributed by atoms with Crippen molar-refractivity contribution in [3.63, 3.8) is 0 Å². The number of nitrogens with zero attached hydrogens (tertiary/aromatic N) is 2. The van der Waals surface area contributed by atoms with Gasteiger partial charge >= 0.3 is 0 Å². The molecule has 0 amide bonds. The predicted molar refractivity (Wildman–Crippen MR) is 122 cm³/mol. The summed E-state index contributed by atoms with van der Waals surface area (Å²) in [6, 6.07) is 33.7. The molecular formula is C27H16N2O. The second kappa shape index (κ2) is 5.71. The number of benzene rings is 4. The largest absolute Gasteiger partial charge is 0.456 e. The number of para-hydroxylation sites is 3. The van der Waals surface area contributed by atoms with Crippen molar-refractivity contribution in [1.82, 2.24) is 9.55 Å². The number of fused-ring (bicyclic) bond motifs is 7. The highest BCUT2D eigenvalue weighted by Crippen LogP contribution is 2.38. The van der Waals surface area contributed by atoms with Crippen LogP contribution in [0.3, 0.4) is 0 Å². The minimum atomic E-state index is 0.901. The highest BCUT2D eigenvalue weighted by molar-refractivity contribution is 6.06. The molecule has 0 spiro atoms. The molecule has 0 radical (unpaired) electrons. The first kappa shape index (κ1) is 15.8. The first-order chi connectivity index (χ1) is 14.9. The van der Waals surface area contributed by atoms with Crippen LogP contribution in [-0.4, -0.2) is 9.55 Å². The minimum absolute atomic E-state index is 0.901. The Morgan fingerprint density at radius 2 is 1.40 bits per heavy atom. The van der Waals surface area contributed by atoms with E-state index in [0.29, 0.717) is 0 Å². The fourth-order valence-corrected chi connectivity index (χ4v) is 4.60. The fraction of sp³-hybridized carbons (Fsp3) is 0. The van der Waals surface area contributed by atoms with E-state index in [1.165, 1.54) is 16.3 Å². The highest BCUT2D eigenvalue weighted by Gasteiger charge is 2.19. The lowest BCUT2D eigenvalue weighted by Crippen LogP contribution is -2.02. The Labute approximate surface area is 172 Å². The molecule has 2 aliphatic heterocycles. The van der Waals surface area contributed by atoms with E-state index in [9.17, 15) is 0 Å². The Morgan fingerprint density at radius 3 is 2.37 bits per heavy atom. The number of pyridine rings is 1. The third-order valence-electron chi connectivity index (χ3n) is 5.97. The SMILES string of the molecule is c1ccc2c(c1)cc1c3ccccc3nc-1n2-c1ccc2oc3ccccc3c2c1. The predicted octanol–water partition coefficient (Wildman–Crippen LogP) is 7.18. The second-order valence-corrected chi connectivity index (χ2v) is 7.68. The maximum Gasteiger partial charge on any atom is 0.146 e. The Kier molecular flexibility index (Phi) is 3.00. The lowest BCUT2D eigenvalue weighted by atomic mass is 10.1. The number of furan rings is 1. The Bertz CT molecular complexity index is 1700. The van der Waals surface area contributed by atoms with Crippen LogP contribution in [0.2, 0.25) is 0 Å². The molecule has 0 fully saturated rings. The van der Waals surface area contributed by atoms with Gasteiger partial charge in [-0.15, -0.1) is 0 Å². The molecule has 0 saturated heterocycles. The van der Waals surface area contributed by atoms with Crippen molar-refractivity contribution in [1.29, 1.82) is 0 Å². The molecule has 4 aromatic carbocycles. The van der Waals surface area contributed by atoms with E-state index in [1.54, 1.807) is 0 Å². The standard InChI is InChI=1S/C27H16N2O/c1-5-11-24-17(7-1)15-22-19-8-2-4-10-23(19)28-27(22)29(24)18-13-14-26-21(16-18)20-9-3-6-12-25(20)30-26/h1-16H. The molecule has 2 aliphatic rings. The van der Waals surface area contributed by atoms with Crippen LogP contribution in [0.1, 0.15) is 0 Å². The smallest absolute Gasteiger partial charge is 0.146 e. The van der Waals surface area contributed by atoms with Gasteiger partial charge < -0.3 is 4.42 Å². The number of hydrogen-bond acceptors (Lipinski definition) is 2. The first-order valence-electron chi connectivity index (χ1n) is 10.1. The highest BCUT2D eigenvalue weighted by atomic mass is 16.3. The molecule has 0 N–H and O–H groups in total. The van der Waals surface area contributed by atoms with Crippen LogP contribution in [0.5, 0.6) is 0 Å². The van der Waals surface area contributed by atoms with Crippen LogP contribution in [0.15, 0.2) is 101 Å². The Balaban J connectivity index is 1.64. The summed E-state index contributed by atoms with van der Waals surface area (Å²) in [4.78, 5) is 5.01. The molecule has 0 unspecified atom stereocenters. The lowest BCUT2D eigenvalue weighted by Gasteiger charge is -2.16. The van der Waals surface area contributed by atoms with Gasteiger partial charge in [0, 0.05) is 27.4 Å². The van der Waals surface area contributed by atoms with Crippen LogP contribution < -0.4 is 0 Å². The summed E-state index contributed by atoms with van der Waals surface area (Å²) in [6.45, 7) is 0. The molecule has 0 atom stereocenters. The van der Waals surface area contributed by atoms with Gasteiger partial charge in [0.25, 0.3) is 0 Å². The Morgan fingerprint density at radius 1 is 0.633 bits per heavy atom. The quantitative estimate of drug-likeness (QED) is 0.300. The monoisotopic (exact) mass is 384 g/mol. The molecule has 3 heteroatoms. The summed E-state index contributed by atoms with van der Waals surface area (Å²) < 4.78 is 8.31. The number of rotatable bonds is 1. The van der Waals surface area contributed by atoms with E-state index in [-0.39, 0.29) is 0 Å². The van der Waals surface area contributed by atoms with Gasteiger partial charge in [-0.3, -0.25) is 4.57 Å². The number of hydrogen-bond donors (Lipinski definition) is 0. The second-order valence-electron chi connectivity index (χ2n) is 7.68. The van der Waals surface area contributed by atoms with Crippen LogP contribution in [0.4, 0.5) is 0 Å². The number of aromatic nitrogens is 2. The van der Waals surface area contributed by atoms with Crippen LogP contribution in [0.25, 0.3) is 60.8 Å². The molecule has 0 bridgehead atoms. The normalized spacial score (nSPS) is 12.0. The zero-order chi connectivity index (χ0) is 19.7. The molecule has 7 rings (SSSR count). The molecule has 140 valence electrons. The van der Waals surface area contributed by atoms with Gasteiger partial charge in [-0.25, -0.2) is 4.98 Å². The molecule has 1 aromatic heterocycles.